The maximum atomic E-state index is 11.5. The van der Waals surface area contributed by atoms with Gasteiger partial charge in [-0.2, -0.15) is 0 Å². The maximum absolute atomic E-state index is 11.5. The maximum Gasteiger partial charge on any atom is 0.326 e. The van der Waals surface area contributed by atoms with Crippen LogP contribution in [0.15, 0.2) is 0 Å². The largest absolute Gasteiger partial charge is 0.480 e. The molecular weight excluding hydrogens is 228 g/mol. The van der Waals surface area contributed by atoms with Crippen molar-refractivity contribution in [3.63, 3.8) is 0 Å². The molecule has 17 heavy (non-hydrogen) atoms. The number of rotatable bonds is 7. The number of carbonyl (C=O) groups excluding carboxylic acids is 2. The molecule has 0 spiro atoms. The van der Waals surface area contributed by atoms with Gasteiger partial charge in [0.05, 0.1) is 13.2 Å². The van der Waals surface area contributed by atoms with Crippen LogP contribution in [0.25, 0.3) is 0 Å². The Labute approximate surface area is 99.5 Å². The number of aliphatic carboxylic acids is 1. The number of carbonyl (C=O) groups is 3. The number of carboxylic acids is 1. The van der Waals surface area contributed by atoms with Gasteiger partial charge in [0.15, 0.2) is 0 Å². The van der Waals surface area contributed by atoms with Gasteiger partial charge in [-0.3, -0.25) is 9.59 Å². The number of methoxy groups -OCH3 is 1. The van der Waals surface area contributed by atoms with Gasteiger partial charge in [-0.15, -0.1) is 0 Å². The highest BCUT2D eigenvalue weighted by molar-refractivity contribution is 5.86. The summed E-state index contributed by atoms with van der Waals surface area (Å²) in [5, 5.41) is 13.9. The van der Waals surface area contributed by atoms with E-state index in [4.69, 9.17) is 5.11 Å². The molecule has 7 heteroatoms. The Hall–Kier alpha value is -1.63. The minimum atomic E-state index is -1.18. The molecule has 0 aliphatic rings. The first-order valence-electron chi connectivity index (χ1n) is 5.19. The molecule has 2 atom stereocenters. The lowest BCUT2D eigenvalue weighted by Gasteiger charge is -2.16. The molecule has 3 N–H and O–H groups in total. The van der Waals surface area contributed by atoms with Gasteiger partial charge in [-0.25, -0.2) is 4.79 Å². The highest BCUT2D eigenvalue weighted by atomic mass is 16.5. The van der Waals surface area contributed by atoms with Crippen molar-refractivity contribution < 1.29 is 24.2 Å². The molecule has 0 bridgehead atoms. The zero-order valence-corrected chi connectivity index (χ0v) is 10.1. The van der Waals surface area contributed by atoms with Crippen LogP contribution in [0.4, 0.5) is 0 Å². The Bertz CT molecular complexity index is 292. The summed E-state index contributed by atoms with van der Waals surface area (Å²) >= 11 is 0. The van der Waals surface area contributed by atoms with Crippen LogP contribution in [0.1, 0.15) is 19.8 Å². The van der Waals surface area contributed by atoms with E-state index in [1.165, 1.54) is 7.11 Å². The topological polar surface area (TPSA) is 105 Å². The van der Waals surface area contributed by atoms with Crippen molar-refractivity contribution in [2.45, 2.75) is 31.8 Å². The number of amides is 1. The van der Waals surface area contributed by atoms with E-state index >= 15 is 0 Å². The van der Waals surface area contributed by atoms with E-state index in [-0.39, 0.29) is 12.8 Å². The summed E-state index contributed by atoms with van der Waals surface area (Å²) in [5.74, 6) is -2.11. The number of carboxylic acid groups (broad SMARTS) is 1. The van der Waals surface area contributed by atoms with E-state index in [1.54, 1.807) is 14.0 Å². The summed E-state index contributed by atoms with van der Waals surface area (Å²) in [6.45, 7) is 1.61. The first-order chi connectivity index (χ1) is 7.92. The van der Waals surface area contributed by atoms with Gasteiger partial charge in [0.25, 0.3) is 0 Å². The summed E-state index contributed by atoms with van der Waals surface area (Å²) in [6.07, 6.45) is -0.0497. The van der Waals surface area contributed by atoms with Gasteiger partial charge < -0.3 is 20.5 Å². The second-order valence-corrected chi connectivity index (χ2v) is 3.52. The van der Waals surface area contributed by atoms with Crippen molar-refractivity contribution in [1.82, 2.24) is 10.6 Å². The van der Waals surface area contributed by atoms with Crippen molar-refractivity contribution in [2.24, 2.45) is 0 Å². The van der Waals surface area contributed by atoms with E-state index in [1.807, 2.05) is 0 Å². The number of nitrogens with one attached hydrogen (secondary N) is 2. The Morgan fingerprint density at radius 3 is 2.35 bits per heavy atom. The molecule has 0 aliphatic heterocycles. The first-order valence-corrected chi connectivity index (χ1v) is 5.19. The number of hydrogen-bond donors (Lipinski definition) is 3. The third kappa shape index (κ3) is 5.86. The summed E-state index contributed by atoms with van der Waals surface area (Å²) in [6, 6.07) is -1.58. The second kappa shape index (κ2) is 7.61. The molecule has 0 heterocycles. The van der Waals surface area contributed by atoms with Crippen molar-refractivity contribution in [3.05, 3.63) is 0 Å². The average Bonchev–Trinajstić information content (AvgIpc) is 2.31. The monoisotopic (exact) mass is 246 g/mol. The second-order valence-electron chi connectivity index (χ2n) is 3.52. The van der Waals surface area contributed by atoms with Crippen molar-refractivity contribution in [2.75, 3.05) is 14.2 Å². The van der Waals surface area contributed by atoms with E-state index in [9.17, 15) is 14.4 Å². The van der Waals surface area contributed by atoms with Gasteiger partial charge in [0.1, 0.15) is 6.04 Å². The lowest BCUT2D eigenvalue weighted by molar-refractivity contribution is -0.144. The lowest BCUT2D eigenvalue weighted by Crippen LogP contribution is -2.48. The fourth-order valence-electron chi connectivity index (χ4n) is 1.05. The van der Waals surface area contributed by atoms with Crippen LogP contribution >= 0.6 is 0 Å². The fraction of sp³-hybridized carbons (Fsp3) is 0.700. The molecule has 98 valence electrons. The number of hydrogen-bond acceptors (Lipinski definition) is 5. The van der Waals surface area contributed by atoms with Crippen LogP contribution < -0.4 is 10.6 Å². The summed E-state index contributed by atoms with van der Waals surface area (Å²) in [4.78, 5) is 33.2. The molecule has 1 amide bonds. The zero-order chi connectivity index (χ0) is 13.4. The molecule has 0 saturated carbocycles. The quantitative estimate of drug-likeness (QED) is 0.504. The Morgan fingerprint density at radius 1 is 1.35 bits per heavy atom. The molecule has 0 aliphatic carbocycles. The smallest absolute Gasteiger partial charge is 0.326 e. The molecule has 0 aromatic carbocycles. The van der Waals surface area contributed by atoms with E-state index in [0.29, 0.717) is 0 Å². The predicted molar refractivity (Wildman–Crippen MR) is 59.3 cm³/mol. The van der Waals surface area contributed by atoms with Crippen molar-refractivity contribution in [1.29, 1.82) is 0 Å². The standard InChI is InChI=1S/C10H18N2O5/c1-6(11-2)9(14)12-7(10(15)16)4-5-8(13)17-3/h6-7,11H,4-5H2,1-3H3,(H,12,14)(H,15,16)/t6?,7-/m0/s1. The molecule has 1 unspecified atom stereocenters. The van der Waals surface area contributed by atoms with Crippen molar-refractivity contribution >= 4 is 17.8 Å². The van der Waals surface area contributed by atoms with Crippen LogP contribution in [0.2, 0.25) is 0 Å². The van der Waals surface area contributed by atoms with Crippen LogP contribution in [0.5, 0.6) is 0 Å². The Balaban J connectivity index is 4.30. The summed E-state index contributed by atoms with van der Waals surface area (Å²) in [7, 11) is 2.81. The third-order valence-electron chi connectivity index (χ3n) is 2.31. The van der Waals surface area contributed by atoms with Crippen molar-refractivity contribution in [3.8, 4) is 0 Å². The minimum Gasteiger partial charge on any atom is -0.480 e. The zero-order valence-electron chi connectivity index (χ0n) is 10.1. The highest BCUT2D eigenvalue weighted by Crippen LogP contribution is 2.00. The number of ether oxygens (including phenoxy) is 1. The number of likely N-dealkylation sites (N-methyl/N-ethyl adjacent to an activating group) is 1. The normalized spacial score (nSPS) is 13.6. The van der Waals surface area contributed by atoms with Crippen LogP contribution in [0.3, 0.4) is 0 Å². The summed E-state index contributed by atoms with van der Waals surface area (Å²) < 4.78 is 4.40. The van der Waals surface area contributed by atoms with Crippen LogP contribution in [0, 0.1) is 0 Å². The minimum absolute atomic E-state index is 0.00415. The molecular formula is C10H18N2O5. The van der Waals surface area contributed by atoms with Gasteiger partial charge in [0.2, 0.25) is 5.91 Å². The van der Waals surface area contributed by atoms with Crippen LogP contribution in [-0.2, 0) is 19.1 Å². The van der Waals surface area contributed by atoms with E-state index in [2.05, 4.69) is 15.4 Å². The molecule has 0 fully saturated rings. The fourth-order valence-corrected chi connectivity index (χ4v) is 1.05. The van der Waals surface area contributed by atoms with Gasteiger partial charge in [0, 0.05) is 6.42 Å². The van der Waals surface area contributed by atoms with Gasteiger partial charge in [-0.05, 0) is 20.4 Å². The van der Waals surface area contributed by atoms with Crippen LogP contribution in [-0.4, -0.2) is 49.2 Å². The molecule has 7 nitrogen and oxygen atoms in total. The molecule has 0 rings (SSSR count). The van der Waals surface area contributed by atoms with Gasteiger partial charge >= 0.3 is 11.9 Å². The average molecular weight is 246 g/mol. The summed E-state index contributed by atoms with van der Waals surface area (Å²) in [5.41, 5.74) is 0. The third-order valence-corrected chi connectivity index (χ3v) is 2.31. The Kier molecular flexibility index (Phi) is 6.88. The molecule has 0 saturated heterocycles. The SMILES string of the molecule is CNC(C)C(=O)N[C@@H](CCC(=O)OC)C(=O)O. The Morgan fingerprint density at radius 2 is 1.94 bits per heavy atom. The molecule has 0 aromatic rings. The van der Waals surface area contributed by atoms with E-state index in [0.717, 1.165) is 0 Å². The lowest BCUT2D eigenvalue weighted by atomic mass is 10.1. The number of esters is 1. The predicted octanol–water partition coefficient (Wildman–Crippen LogP) is -0.883. The molecule has 0 aromatic heterocycles. The highest BCUT2D eigenvalue weighted by Gasteiger charge is 2.23. The van der Waals surface area contributed by atoms with E-state index < -0.39 is 29.9 Å². The first kappa shape index (κ1) is 15.4. The molecule has 0 radical (unpaired) electrons. The van der Waals surface area contributed by atoms with Gasteiger partial charge in [-0.1, -0.05) is 0 Å².